The van der Waals surface area contributed by atoms with Gasteiger partial charge in [0.25, 0.3) is 0 Å². The van der Waals surface area contributed by atoms with Gasteiger partial charge in [0.05, 0.1) is 6.61 Å². The summed E-state index contributed by atoms with van der Waals surface area (Å²) in [6, 6.07) is 0.535. The molecule has 1 aliphatic heterocycles. The zero-order valence-corrected chi connectivity index (χ0v) is 6.60. The van der Waals surface area contributed by atoms with Crippen LogP contribution < -0.4 is 5.32 Å². The van der Waals surface area contributed by atoms with Gasteiger partial charge < -0.3 is 10.1 Å². The third-order valence-corrected chi connectivity index (χ3v) is 1.72. The molecule has 1 unspecified atom stereocenters. The van der Waals surface area contributed by atoms with Gasteiger partial charge in [0, 0.05) is 24.7 Å². The maximum absolute atomic E-state index is 5.34. The average Bonchev–Trinajstić information content (AvgIpc) is 2.41. The molecule has 10 heavy (non-hydrogen) atoms. The van der Waals surface area contributed by atoms with Gasteiger partial charge in [0.2, 0.25) is 0 Å². The van der Waals surface area contributed by atoms with Crippen LogP contribution in [-0.4, -0.2) is 25.8 Å². The van der Waals surface area contributed by atoms with Crippen LogP contribution in [0.25, 0.3) is 0 Å². The lowest BCUT2D eigenvalue weighted by Crippen LogP contribution is -2.28. The van der Waals surface area contributed by atoms with E-state index in [1.54, 1.807) is 0 Å². The summed E-state index contributed by atoms with van der Waals surface area (Å²) in [6.07, 6.45) is 3.01. The summed E-state index contributed by atoms with van der Waals surface area (Å²) in [5.74, 6) is 0. The standard InChI is InChI=1S/C7H12ClNO/c8-3-1-4-9-7-2-5-10-6-7/h1,3,7,9H,2,4-6H2/b3-1+. The molecule has 3 heteroatoms. The van der Waals surface area contributed by atoms with Crippen LogP contribution in [0.5, 0.6) is 0 Å². The topological polar surface area (TPSA) is 21.3 Å². The first-order chi connectivity index (χ1) is 4.93. The molecule has 1 atom stereocenters. The van der Waals surface area contributed by atoms with E-state index in [2.05, 4.69) is 5.32 Å². The maximum atomic E-state index is 5.34. The van der Waals surface area contributed by atoms with E-state index in [0.717, 1.165) is 26.2 Å². The van der Waals surface area contributed by atoms with Crippen molar-refractivity contribution in [3.8, 4) is 0 Å². The van der Waals surface area contributed by atoms with Gasteiger partial charge in [-0.15, -0.1) is 0 Å². The van der Waals surface area contributed by atoms with Gasteiger partial charge in [0.15, 0.2) is 0 Å². The van der Waals surface area contributed by atoms with E-state index >= 15 is 0 Å². The quantitative estimate of drug-likeness (QED) is 0.670. The van der Waals surface area contributed by atoms with Crippen molar-refractivity contribution in [3.63, 3.8) is 0 Å². The molecule has 1 saturated heterocycles. The van der Waals surface area contributed by atoms with Crippen LogP contribution in [0.1, 0.15) is 6.42 Å². The molecule has 1 rings (SSSR count). The van der Waals surface area contributed by atoms with Crippen molar-refractivity contribution >= 4 is 11.6 Å². The van der Waals surface area contributed by atoms with E-state index in [0.29, 0.717) is 6.04 Å². The normalized spacial score (nSPS) is 26.3. The van der Waals surface area contributed by atoms with E-state index in [-0.39, 0.29) is 0 Å². The van der Waals surface area contributed by atoms with Crippen molar-refractivity contribution in [2.45, 2.75) is 12.5 Å². The van der Waals surface area contributed by atoms with Gasteiger partial charge in [-0.05, 0) is 6.42 Å². The fourth-order valence-corrected chi connectivity index (χ4v) is 1.06. The second-order valence-corrected chi connectivity index (χ2v) is 2.58. The number of rotatable bonds is 3. The maximum Gasteiger partial charge on any atom is 0.0620 e. The summed E-state index contributed by atoms with van der Waals surface area (Å²) in [6.45, 7) is 2.58. The van der Waals surface area contributed by atoms with Crippen molar-refractivity contribution < 1.29 is 4.74 Å². The molecular formula is C7H12ClNO. The Morgan fingerprint density at radius 1 is 1.70 bits per heavy atom. The zero-order valence-electron chi connectivity index (χ0n) is 5.85. The predicted molar refractivity (Wildman–Crippen MR) is 42.2 cm³/mol. The number of hydrogen-bond acceptors (Lipinski definition) is 2. The molecule has 1 heterocycles. The second kappa shape index (κ2) is 4.72. The van der Waals surface area contributed by atoms with Crippen LogP contribution in [0.3, 0.4) is 0 Å². The number of hydrogen-bond donors (Lipinski definition) is 1. The molecule has 1 fully saturated rings. The Hall–Kier alpha value is -0.0500. The minimum Gasteiger partial charge on any atom is -0.380 e. The van der Waals surface area contributed by atoms with Crippen LogP contribution in [0.4, 0.5) is 0 Å². The highest BCUT2D eigenvalue weighted by atomic mass is 35.5. The van der Waals surface area contributed by atoms with Crippen LogP contribution in [0.2, 0.25) is 0 Å². The number of ether oxygens (including phenoxy) is 1. The Balaban J connectivity index is 2.01. The highest BCUT2D eigenvalue weighted by Crippen LogP contribution is 2.02. The summed E-state index contributed by atoms with van der Waals surface area (Å²) in [4.78, 5) is 0. The molecule has 0 amide bonds. The second-order valence-electron chi connectivity index (χ2n) is 2.33. The van der Waals surface area contributed by atoms with Crippen molar-refractivity contribution in [1.82, 2.24) is 5.32 Å². The van der Waals surface area contributed by atoms with Crippen molar-refractivity contribution in [2.75, 3.05) is 19.8 Å². The number of halogens is 1. The Morgan fingerprint density at radius 2 is 2.60 bits per heavy atom. The highest BCUT2D eigenvalue weighted by molar-refractivity contribution is 6.25. The van der Waals surface area contributed by atoms with Crippen LogP contribution in [-0.2, 0) is 4.74 Å². The first-order valence-corrected chi connectivity index (χ1v) is 3.93. The minimum absolute atomic E-state index is 0.535. The lowest BCUT2D eigenvalue weighted by Gasteiger charge is -2.06. The number of nitrogens with one attached hydrogen (secondary N) is 1. The molecule has 58 valence electrons. The van der Waals surface area contributed by atoms with Gasteiger partial charge in [-0.3, -0.25) is 0 Å². The fourth-order valence-electron chi connectivity index (χ4n) is 0.975. The highest BCUT2D eigenvalue weighted by Gasteiger charge is 2.12. The van der Waals surface area contributed by atoms with Crippen LogP contribution in [0.15, 0.2) is 11.6 Å². The summed E-state index contributed by atoms with van der Waals surface area (Å²) in [5, 5.41) is 3.29. The smallest absolute Gasteiger partial charge is 0.0620 e. The first kappa shape index (κ1) is 8.05. The van der Waals surface area contributed by atoms with E-state index in [4.69, 9.17) is 16.3 Å². The van der Waals surface area contributed by atoms with Crippen molar-refractivity contribution in [3.05, 3.63) is 11.6 Å². The molecule has 0 aromatic heterocycles. The molecular weight excluding hydrogens is 150 g/mol. The molecule has 2 nitrogen and oxygen atoms in total. The van der Waals surface area contributed by atoms with Crippen LogP contribution >= 0.6 is 11.6 Å². The lowest BCUT2D eigenvalue weighted by atomic mass is 10.3. The monoisotopic (exact) mass is 161 g/mol. The van der Waals surface area contributed by atoms with E-state index in [1.165, 1.54) is 5.54 Å². The average molecular weight is 162 g/mol. The van der Waals surface area contributed by atoms with E-state index in [9.17, 15) is 0 Å². The summed E-state index contributed by atoms with van der Waals surface area (Å²) in [5.41, 5.74) is 1.53. The molecule has 0 aromatic carbocycles. The van der Waals surface area contributed by atoms with Gasteiger partial charge in [0.1, 0.15) is 0 Å². The summed E-state index contributed by atoms with van der Waals surface area (Å²) < 4.78 is 5.17. The third kappa shape index (κ3) is 2.69. The summed E-state index contributed by atoms with van der Waals surface area (Å²) >= 11 is 5.34. The fraction of sp³-hybridized carbons (Fsp3) is 0.714. The summed E-state index contributed by atoms with van der Waals surface area (Å²) in [7, 11) is 0. The molecule has 0 spiro atoms. The third-order valence-electron chi connectivity index (χ3n) is 1.54. The molecule has 1 N–H and O–H groups in total. The molecule has 0 aromatic rings. The largest absolute Gasteiger partial charge is 0.380 e. The molecule has 0 aliphatic carbocycles. The van der Waals surface area contributed by atoms with Crippen LogP contribution in [0, 0.1) is 0 Å². The Kier molecular flexibility index (Phi) is 3.80. The Morgan fingerprint density at radius 3 is 3.20 bits per heavy atom. The van der Waals surface area contributed by atoms with E-state index < -0.39 is 0 Å². The van der Waals surface area contributed by atoms with Gasteiger partial charge >= 0.3 is 0 Å². The van der Waals surface area contributed by atoms with Gasteiger partial charge in [-0.1, -0.05) is 17.7 Å². The van der Waals surface area contributed by atoms with E-state index in [1.807, 2.05) is 6.08 Å². The molecule has 1 aliphatic rings. The van der Waals surface area contributed by atoms with Gasteiger partial charge in [-0.2, -0.15) is 0 Å². The molecule has 0 bridgehead atoms. The van der Waals surface area contributed by atoms with Crippen molar-refractivity contribution in [1.29, 1.82) is 0 Å². The van der Waals surface area contributed by atoms with Gasteiger partial charge in [-0.25, -0.2) is 0 Å². The minimum atomic E-state index is 0.535. The SMILES string of the molecule is Cl/C=C/CNC1CCOC1. The Bertz CT molecular complexity index is 110. The molecule has 0 saturated carbocycles. The first-order valence-electron chi connectivity index (χ1n) is 3.50. The lowest BCUT2D eigenvalue weighted by molar-refractivity contribution is 0.190. The Labute approximate surface area is 66.2 Å². The predicted octanol–water partition coefficient (Wildman–Crippen LogP) is 1.12. The molecule has 0 radical (unpaired) electrons. The van der Waals surface area contributed by atoms with Crippen molar-refractivity contribution in [2.24, 2.45) is 0 Å². The zero-order chi connectivity index (χ0) is 7.23.